The van der Waals surface area contributed by atoms with E-state index in [1.807, 2.05) is 78.8 Å². The quantitative estimate of drug-likeness (QED) is 0.849. The van der Waals surface area contributed by atoms with Gasteiger partial charge in [0.1, 0.15) is 0 Å². The average molecular weight is 307 g/mol. The predicted molar refractivity (Wildman–Crippen MR) is 93.2 cm³/mol. The second-order valence-electron chi connectivity index (χ2n) is 5.58. The van der Waals surface area contributed by atoms with Crippen LogP contribution in [0.5, 0.6) is 0 Å². The van der Waals surface area contributed by atoms with Gasteiger partial charge in [0, 0.05) is 38.7 Å². The highest BCUT2D eigenvalue weighted by atomic mass is 15.5. The maximum Gasteiger partial charge on any atom is 0.217 e. The zero-order chi connectivity index (χ0) is 16.1. The van der Waals surface area contributed by atoms with E-state index in [2.05, 4.69) is 27.7 Å². The summed E-state index contributed by atoms with van der Waals surface area (Å²) < 4.78 is 0. The highest BCUT2D eigenvalue weighted by Gasteiger charge is 2.18. The number of nitrogens with zero attached hydrogens (tertiary/aromatic N) is 4. The molecule has 0 atom stereocenters. The van der Waals surface area contributed by atoms with Gasteiger partial charge in [0.15, 0.2) is 0 Å². The van der Waals surface area contributed by atoms with Gasteiger partial charge in [0.25, 0.3) is 0 Å². The van der Waals surface area contributed by atoms with Crippen LogP contribution in [-0.2, 0) is 6.54 Å². The Morgan fingerprint density at radius 2 is 1.57 bits per heavy atom. The van der Waals surface area contributed by atoms with E-state index >= 15 is 0 Å². The molecule has 3 rings (SSSR count). The van der Waals surface area contributed by atoms with Gasteiger partial charge in [-0.25, -0.2) is 0 Å². The molecule has 1 aliphatic rings. The Balaban J connectivity index is 1.57. The number of hydrogen-bond acceptors (Lipinski definition) is 5. The molecule has 1 heterocycles. The monoisotopic (exact) mass is 307 g/mol. The van der Waals surface area contributed by atoms with E-state index in [0.29, 0.717) is 0 Å². The average Bonchev–Trinajstić information content (AvgIpc) is 2.91. The maximum absolute atomic E-state index is 4.37. The Hall–Kier alpha value is -2.82. The zero-order valence-corrected chi connectivity index (χ0v) is 13.4. The van der Waals surface area contributed by atoms with Gasteiger partial charge in [-0.1, -0.05) is 30.3 Å². The number of rotatable bonds is 5. The molecule has 0 fully saturated rings. The molecule has 0 amide bonds. The van der Waals surface area contributed by atoms with Crippen LogP contribution < -0.4 is 5.32 Å². The summed E-state index contributed by atoms with van der Waals surface area (Å²) in [5, 5.41) is 12.1. The van der Waals surface area contributed by atoms with Gasteiger partial charge in [-0.05, 0) is 29.8 Å². The van der Waals surface area contributed by atoms with Crippen LogP contribution in [0.3, 0.4) is 0 Å². The van der Waals surface area contributed by atoms with E-state index in [0.717, 1.165) is 17.9 Å². The molecule has 2 aromatic rings. The number of hydrogen-bond donors (Lipinski definition) is 1. The number of azo groups is 1. The van der Waals surface area contributed by atoms with Crippen LogP contribution in [0.25, 0.3) is 0 Å². The third-order valence-corrected chi connectivity index (χ3v) is 3.75. The molecule has 1 aliphatic heterocycles. The van der Waals surface area contributed by atoms with E-state index in [1.165, 1.54) is 5.56 Å². The first-order chi connectivity index (χ1) is 11.2. The summed E-state index contributed by atoms with van der Waals surface area (Å²) in [4.78, 5) is 4.03. The summed E-state index contributed by atoms with van der Waals surface area (Å²) >= 11 is 0. The molecule has 0 radical (unpaired) electrons. The van der Waals surface area contributed by atoms with Crippen molar-refractivity contribution in [3.63, 3.8) is 0 Å². The topological polar surface area (TPSA) is 43.2 Å². The minimum Gasteiger partial charge on any atom is -0.381 e. The fourth-order valence-corrected chi connectivity index (χ4v) is 2.38. The van der Waals surface area contributed by atoms with Gasteiger partial charge < -0.3 is 15.1 Å². The Morgan fingerprint density at radius 1 is 0.913 bits per heavy atom. The minimum atomic E-state index is -0.0640. The molecule has 2 aromatic carbocycles. The number of nitrogens with one attached hydrogen (secondary N) is 1. The van der Waals surface area contributed by atoms with Crippen LogP contribution in [0.15, 0.2) is 77.2 Å². The van der Waals surface area contributed by atoms with Crippen molar-refractivity contribution >= 4 is 11.4 Å². The first kappa shape index (κ1) is 15.1. The molecule has 118 valence electrons. The Kier molecular flexibility index (Phi) is 4.57. The molecule has 0 saturated heterocycles. The van der Waals surface area contributed by atoms with E-state index in [9.17, 15) is 0 Å². The van der Waals surface area contributed by atoms with Gasteiger partial charge >= 0.3 is 0 Å². The lowest BCUT2D eigenvalue weighted by Gasteiger charge is -2.21. The number of benzene rings is 2. The first-order valence-corrected chi connectivity index (χ1v) is 7.63. The van der Waals surface area contributed by atoms with Gasteiger partial charge in [0.05, 0.1) is 5.69 Å². The zero-order valence-electron chi connectivity index (χ0n) is 13.4. The molecule has 0 aromatic heterocycles. The standard InChI is InChI=1S/C18H21N5/c1-22-12-13-23(2)18(22)21-20-17-10-8-16(9-11-17)19-14-15-6-4-3-5-7-15/h3-13,18-19H,14H2,1-2H3. The second kappa shape index (κ2) is 6.96. The predicted octanol–water partition coefficient (Wildman–Crippen LogP) is 4.01. The van der Waals surface area contributed by atoms with Crippen molar-refractivity contribution in [2.75, 3.05) is 19.4 Å². The fourth-order valence-electron chi connectivity index (χ4n) is 2.38. The fraction of sp³-hybridized carbons (Fsp3) is 0.222. The van der Waals surface area contributed by atoms with Gasteiger partial charge in [-0.3, -0.25) is 0 Å². The van der Waals surface area contributed by atoms with Crippen molar-refractivity contribution in [1.29, 1.82) is 0 Å². The van der Waals surface area contributed by atoms with Gasteiger partial charge in [0.2, 0.25) is 6.29 Å². The molecule has 0 unspecified atom stereocenters. The van der Waals surface area contributed by atoms with E-state index in [-0.39, 0.29) is 6.29 Å². The maximum atomic E-state index is 4.37. The van der Waals surface area contributed by atoms with Crippen LogP contribution in [0.1, 0.15) is 5.56 Å². The van der Waals surface area contributed by atoms with Gasteiger partial charge in [-0.2, -0.15) is 5.11 Å². The highest BCUT2D eigenvalue weighted by Crippen LogP contribution is 2.20. The van der Waals surface area contributed by atoms with Crippen molar-refractivity contribution in [1.82, 2.24) is 9.80 Å². The summed E-state index contributed by atoms with van der Waals surface area (Å²) in [6.45, 7) is 0.811. The van der Waals surface area contributed by atoms with Crippen molar-refractivity contribution in [3.05, 3.63) is 72.6 Å². The Morgan fingerprint density at radius 3 is 2.22 bits per heavy atom. The highest BCUT2D eigenvalue weighted by molar-refractivity contribution is 5.50. The largest absolute Gasteiger partial charge is 0.381 e. The normalized spacial score (nSPS) is 14.9. The molecule has 0 saturated carbocycles. The third-order valence-electron chi connectivity index (χ3n) is 3.75. The molecule has 23 heavy (non-hydrogen) atoms. The van der Waals surface area contributed by atoms with E-state index in [1.54, 1.807) is 0 Å². The molecule has 0 bridgehead atoms. The first-order valence-electron chi connectivity index (χ1n) is 7.63. The van der Waals surface area contributed by atoms with Crippen molar-refractivity contribution < 1.29 is 0 Å². The molecule has 5 heteroatoms. The lowest BCUT2D eigenvalue weighted by atomic mass is 10.2. The summed E-state index contributed by atoms with van der Waals surface area (Å²) in [5.74, 6) is 0. The second-order valence-corrected chi connectivity index (χ2v) is 5.58. The third kappa shape index (κ3) is 3.88. The van der Waals surface area contributed by atoms with Crippen LogP contribution >= 0.6 is 0 Å². The van der Waals surface area contributed by atoms with E-state index in [4.69, 9.17) is 0 Å². The van der Waals surface area contributed by atoms with Crippen LogP contribution in [0.2, 0.25) is 0 Å². The molecule has 5 nitrogen and oxygen atoms in total. The summed E-state index contributed by atoms with van der Waals surface area (Å²) in [7, 11) is 3.97. The summed E-state index contributed by atoms with van der Waals surface area (Å²) in [6.07, 6.45) is 3.91. The molecular formula is C18H21N5. The molecule has 0 spiro atoms. The lowest BCUT2D eigenvalue weighted by molar-refractivity contribution is 0.206. The van der Waals surface area contributed by atoms with Crippen molar-refractivity contribution in [3.8, 4) is 0 Å². The van der Waals surface area contributed by atoms with Crippen molar-refractivity contribution in [2.45, 2.75) is 12.8 Å². The smallest absolute Gasteiger partial charge is 0.217 e. The molecule has 1 N–H and O–H groups in total. The van der Waals surface area contributed by atoms with Crippen LogP contribution in [0.4, 0.5) is 11.4 Å². The lowest BCUT2D eigenvalue weighted by Crippen LogP contribution is -2.31. The Bertz CT molecular complexity index is 666. The van der Waals surface area contributed by atoms with Gasteiger partial charge in [-0.15, -0.1) is 5.11 Å². The Labute approximate surface area is 136 Å². The van der Waals surface area contributed by atoms with Crippen LogP contribution in [-0.4, -0.2) is 30.2 Å². The molecular weight excluding hydrogens is 286 g/mol. The van der Waals surface area contributed by atoms with E-state index < -0.39 is 0 Å². The summed E-state index contributed by atoms with van der Waals surface area (Å²) in [5.41, 5.74) is 3.18. The summed E-state index contributed by atoms with van der Waals surface area (Å²) in [6, 6.07) is 18.3. The van der Waals surface area contributed by atoms with Crippen molar-refractivity contribution in [2.24, 2.45) is 10.2 Å². The SMILES string of the molecule is CN1C=CN(C)C1N=Nc1ccc(NCc2ccccc2)cc1. The minimum absolute atomic E-state index is 0.0640. The molecule has 0 aliphatic carbocycles. The number of anilines is 1. The van der Waals surface area contributed by atoms with Crippen LogP contribution in [0, 0.1) is 0 Å².